The molecule has 0 atom stereocenters. The Balaban J connectivity index is 2.35. The third-order valence-corrected chi connectivity index (χ3v) is 2.86. The zero-order chi connectivity index (χ0) is 14.5. The van der Waals surface area contributed by atoms with Crippen LogP contribution in [0.3, 0.4) is 0 Å². The lowest BCUT2D eigenvalue weighted by molar-refractivity contribution is 0.0964. The summed E-state index contributed by atoms with van der Waals surface area (Å²) in [5.74, 6) is 0.551. The molecule has 0 radical (unpaired) electrons. The molecule has 0 heterocycles. The van der Waals surface area contributed by atoms with Gasteiger partial charge in [-0.25, -0.2) is 0 Å². The molecule has 5 heteroatoms. The van der Waals surface area contributed by atoms with Crippen molar-refractivity contribution in [1.82, 2.24) is 5.32 Å². The number of methoxy groups -OCH3 is 1. The fraction of sp³-hybridized carbons (Fsp3) is 0.133. The molecule has 5 nitrogen and oxygen atoms in total. The number of rotatable bonds is 4. The predicted octanol–water partition coefficient (Wildman–Crippen LogP) is 2.38. The van der Waals surface area contributed by atoms with E-state index in [0.29, 0.717) is 16.9 Å². The van der Waals surface area contributed by atoms with Crippen LogP contribution in [0.5, 0.6) is 5.75 Å². The van der Waals surface area contributed by atoms with Gasteiger partial charge in [-0.2, -0.15) is 0 Å². The van der Waals surface area contributed by atoms with E-state index >= 15 is 0 Å². The van der Waals surface area contributed by atoms with Crippen LogP contribution in [0.4, 0.5) is 17.1 Å². The van der Waals surface area contributed by atoms with Crippen LogP contribution in [0.25, 0.3) is 0 Å². The van der Waals surface area contributed by atoms with Gasteiger partial charge in [0, 0.05) is 24.5 Å². The summed E-state index contributed by atoms with van der Waals surface area (Å²) in [6, 6.07) is 12.6. The van der Waals surface area contributed by atoms with Crippen molar-refractivity contribution < 1.29 is 9.53 Å². The molecule has 0 aliphatic rings. The summed E-state index contributed by atoms with van der Waals surface area (Å²) in [5.41, 5.74) is 8.29. The fourth-order valence-electron chi connectivity index (χ4n) is 1.85. The first-order valence-corrected chi connectivity index (χ1v) is 6.16. The topological polar surface area (TPSA) is 76.4 Å². The molecule has 0 aliphatic heterocycles. The number of hydrogen-bond acceptors (Lipinski definition) is 4. The van der Waals surface area contributed by atoms with E-state index in [1.165, 1.54) is 0 Å². The average molecular weight is 271 g/mol. The number of nitrogens with one attached hydrogen (secondary N) is 2. The van der Waals surface area contributed by atoms with E-state index in [1.54, 1.807) is 32.4 Å². The lowest BCUT2D eigenvalue weighted by atomic mass is 10.1. The van der Waals surface area contributed by atoms with E-state index in [-0.39, 0.29) is 5.91 Å². The van der Waals surface area contributed by atoms with E-state index < -0.39 is 0 Å². The van der Waals surface area contributed by atoms with Crippen molar-refractivity contribution in [2.45, 2.75) is 0 Å². The van der Waals surface area contributed by atoms with Crippen molar-refractivity contribution in [3.05, 3.63) is 48.0 Å². The van der Waals surface area contributed by atoms with Crippen LogP contribution in [-0.2, 0) is 0 Å². The molecule has 0 spiro atoms. The molecule has 0 saturated carbocycles. The molecule has 104 valence electrons. The summed E-state index contributed by atoms with van der Waals surface area (Å²) in [6.07, 6.45) is 0. The Hall–Kier alpha value is -2.69. The summed E-state index contributed by atoms with van der Waals surface area (Å²) in [5, 5.41) is 5.79. The SMILES string of the molecule is CNC(=O)c1cc(N)ccc1Nc1cccc(OC)c1. The van der Waals surface area contributed by atoms with Crippen molar-refractivity contribution in [1.29, 1.82) is 0 Å². The van der Waals surface area contributed by atoms with Gasteiger partial charge in [-0.15, -0.1) is 0 Å². The summed E-state index contributed by atoms with van der Waals surface area (Å²) in [4.78, 5) is 11.9. The Bertz CT molecular complexity index is 626. The molecule has 0 fully saturated rings. The number of hydrogen-bond donors (Lipinski definition) is 3. The second kappa shape index (κ2) is 5.97. The third kappa shape index (κ3) is 3.00. The lowest BCUT2D eigenvalue weighted by Gasteiger charge is -2.12. The molecule has 2 aromatic rings. The van der Waals surface area contributed by atoms with Gasteiger partial charge in [0.05, 0.1) is 18.4 Å². The van der Waals surface area contributed by atoms with Crippen molar-refractivity contribution in [2.24, 2.45) is 0 Å². The van der Waals surface area contributed by atoms with Crippen LogP contribution < -0.4 is 21.1 Å². The Morgan fingerprint density at radius 3 is 2.70 bits per heavy atom. The summed E-state index contributed by atoms with van der Waals surface area (Å²) in [7, 11) is 3.19. The van der Waals surface area contributed by atoms with Gasteiger partial charge >= 0.3 is 0 Å². The standard InChI is InChI=1S/C15H17N3O2/c1-17-15(19)13-8-10(16)6-7-14(13)18-11-4-3-5-12(9-11)20-2/h3-9,18H,16H2,1-2H3,(H,17,19). The van der Waals surface area contributed by atoms with E-state index in [9.17, 15) is 4.79 Å². The molecular weight excluding hydrogens is 254 g/mol. The largest absolute Gasteiger partial charge is 0.497 e. The van der Waals surface area contributed by atoms with E-state index in [2.05, 4.69) is 10.6 Å². The second-order valence-electron chi connectivity index (χ2n) is 4.24. The maximum absolute atomic E-state index is 11.9. The van der Waals surface area contributed by atoms with Gasteiger partial charge in [0.1, 0.15) is 5.75 Å². The number of ether oxygens (including phenoxy) is 1. The highest BCUT2D eigenvalue weighted by atomic mass is 16.5. The van der Waals surface area contributed by atoms with Crippen molar-refractivity contribution >= 4 is 23.0 Å². The van der Waals surface area contributed by atoms with Crippen LogP contribution in [0, 0.1) is 0 Å². The van der Waals surface area contributed by atoms with Gasteiger partial charge in [0.2, 0.25) is 0 Å². The van der Waals surface area contributed by atoms with Crippen molar-refractivity contribution in [3.63, 3.8) is 0 Å². The summed E-state index contributed by atoms with van der Waals surface area (Å²) < 4.78 is 5.17. The maximum Gasteiger partial charge on any atom is 0.253 e. The smallest absolute Gasteiger partial charge is 0.253 e. The second-order valence-corrected chi connectivity index (χ2v) is 4.24. The predicted molar refractivity (Wildman–Crippen MR) is 80.5 cm³/mol. The number of carbonyl (C=O) groups excluding carboxylic acids is 1. The Kier molecular flexibility index (Phi) is 4.10. The van der Waals surface area contributed by atoms with Crippen LogP contribution in [0.1, 0.15) is 10.4 Å². The first-order chi connectivity index (χ1) is 9.63. The molecule has 2 rings (SSSR count). The Morgan fingerprint density at radius 2 is 2.00 bits per heavy atom. The molecular formula is C15H17N3O2. The summed E-state index contributed by atoms with van der Waals surface area (Å²) >= 11 is 0. The van der Waals surface area contributed by atoms with Crippen LogP contribution in [0.15, 0.2) is 42.5 Å². The Labute approximate surface area is 117 Å². The number of nitrogens with two attached hydrogens (primary N) is 1. The highest BCUT2D eigenvalue weighted by molar-refractivity contribution is 6.01. The van der Waals surface area contributed by atoms with Crippen LogP contribution in [0.2, 0.25) is 0 Å². The average Bonchev–Trinajstić information content (AvgIpc) is 2.48. The van der Waals surface area contributed by atoms with Crippen molar-refractivity contribution in [3.8, 4) is 5.75 Å². The Morgan fingerprint density at radius 1 is 1.20 bits per heavy atom. The number of anilines is 3. The van der Waals surface area contributed by atoms with E-state index in [4.69, 9.17) is 10.5 Å². The first-order valence-electron chi connectivity index (χ1n) is 6.16. The molecule has 1 amide bonds. The normalized spacial score (nSPS) is 9.90. The molecule has 0 aliphatic carbocycles. The quantitative estimate of drug-likeness (QED) is 0.746. The maximum atomic E-state index is 11.9. The first kappa shape index (κ1) is 13.7. The van der Waals surface area contributed by atoms with Gasteiger partial charge in [-0.05, 0) is 30.3 Å². The van der Waals surface area contributed by atoms with Crippen LogP contribution in [-0.4, -0.2) is 20.1 Å². The number of benzene rings is 2. The summed E-state index contributed by atoms with van der Waals surface area (Å²) in [6.45, 7) is 0. The van der Waals surface area contributed by atoms with Gasteiger partial charge in [-0.1, -0.05) is 6.07 Å². The lowest BCUT2D eigenvalue weighted by Crippen LogP contribution is -2.19. The van der Waals surface area contributed by atoms with Crippen molar-refractivity contribution in [2.75, 3.05) is 25.2 Å². The number of nitrogen functional groups attached to an aromatic ring is 1. The molecule has 2 aromatic carbocycles. The van der Waals surface area contributed by atoms with Gasteiger partial charge in [-0.3, -0.25) is 4.79 Å². The van der Waals surface area contributed by atoms with E-state index in [0.717, 1.165) is 11.4 Å². The van der Waals surface area contributed by atoms with Gasteiger partial charge in [0.15, 0.2) is 0 Å². The number of carbonyl (C=O) groups is 1. The third-order valence-electron chi connectivity index (χ3n) is 2.86. The minimum Gasteiger partial charge on any atom is -0.497 e. The molecule has 0 unspecified atom stereocenters. The monoisotopic (exact) mass is 271 g/mol. The molecule has 4 N–H and O–H groups in total. The number of amides is 1. The molecule has 20 heavy (non-hydrogen) atoms. The minimum atomic E-state index is -0.192. The van der Waals surface area contributed by atoms with E-state index in [1.807, 2.05) is 24.3 Å². The molecule has 0 aromatic heterocycles. The zero-order valence-corrected chi connectivity index (χ0v) is 11.4. The zero-order valence-electron chi connectivity index (χ0n) is 11.4. The minimum absolute atomic E-state index is 0.192. The molecule has 0 bridgehead atoms. The van der Waals surface area contributed by atoms with Gasteiger partial charge < -0.3 is 21.1 Å². The highest BCUT2D eigenvalue weighted by Crippen LogP contribution is 2.25. The fourth-order valence-corrected chi connectivity index (χ4v) is 1.85. The van der Waals surface area contributed by atoms with Gasteiger partial charge in [0.25, 0.3) is 5.91 Å². The van der Waals surface area contributed by atoms with Crippen LogP contribution >= 0.6 is 0 Å². The molecule has 0 saturated heterocycles. The highest BCUT2D eigenvalue weighted by Gasteiger charge is 2.10.